The van der Waals surface area contributed by atoms with Crippen LogP contribution < -0.4 is 15.0 Å². The van der Waals surface area contributed by atoms with Crippen molar-refractivity contribution in [2.24, 2.45) is 5.92 Å². The third kappa shape index (κ3) is 5.78. The Morgan fingerprint density at radius 1 is 0.935 bits per heavy atom. The van der Waals surface area contributed by atoms with Gasteiger partial charge < -0.3 is 19.9 Å². The Morgan fingerprint density at radius 2 is 1.61 bits per heavy atom. The summed E-state index contributed by atoms with van der Waals surface area (Å²) in [5, 5.41) is 2.97. The van der Waals surface area contributed by atoms with Gasteiger partial charge in [-0.05, 0) is 55.7 Å². The molecule has 31 heavy (non-hydrogen) atoms. The van der Waals surface area contributed by atoms with E-state index in [4.69, 9.17) is 4.74 Å². The van der Waals surface area contributed by atoms with Crippen LogP contribution in [0.25, 0.3) is 0 Å². The van der Waals surface area contributed by atoms with Crippen molar-refractivity contribution in [3.63, 3.8) is 0 Å². The molecule has 0 aromatic heterocycles. The number of amides is 2. The van der Waals surface area contributed by atoms with E-state index in [2.05, 4.69) is 22.3 Å². The number of ether oxygens (including phenoxy) is 1. The average molecular weight is 424 g/mol. The molecule has 0 radical (unpaired) electrons. The molecule has 1 unspecified atom stereocenters. The summed E-state index contributed by atoms with van der Waals surface area (Å²) >= 11 is 0. The van der Waals surface area contributed by atoms with Crippen LogP contribution in [0.15, 0.2) is 48.5 Å². The lowest BCUT2D eigenvalue weighted by Gasteiger charge is -2.29. The van der Waals surface area contributed by atoms with E-state index in [0.717, 1.165) is 36.5 Å². The maximum Gasteiger partial charge on any atom is 0.251 e. The minimum absolute atomic E-state index is 0.00263. The highest BCUT2D eigenvalue weighted by atomic mass is 16.5. The molecule has 3 rings (SSSR count). The number of nitrogens with one attached hydrogen (secondary N) is 1. The smallest absolute Gasteiger partial charge is 0.251 e. The summed E-state index contributed by atoms with van der Waals surface area (Å²) in [7, 11) is 1.66. The molecule has 1 saturated heterocycles. The van der Waals surface area contributed by atoms with E-state index in [1.54, 1.807) is 19.2 Å². The van der Waals surface area contributed by atoms with Gasteiger partial charge in [-0.1, -0.05) is 31.5 Å². The molecule has 0 saturated carbocycles. The third-order valence-electron chi connectivity index (χ3n) is 5.78. The van der Waals surface area contributed by atoms with Crippen LogP contribution in [0.1, 0.15) is 36.2 Å². The summed E-state index contributed by atoms with van der Waals surface area (Å²) in [6.45, 7) is 8.90. The number of benzene rings is 2. The molecule has 2 amide bonds. The van der Waals surface area contributed by atoms with E-state index in [-0.39, 0.29) is 17.7 Å². The molecule has 6 heteroatoms. The SMILES string of the molecule is COc1ccc(N2CCCN(C(=O)C(NC(=O)c3ccc(C)cc3)C(C)C)CC2)cc1. The monoisotopic (exact) mass is 423 g/mol. The fraction of sp³-hybridized carbons (Fsp3) is 0.440. The van der Waals surface area contributed by atoms with E-state index in [0.29, 0.717) is 18.7 Å². The zero-order valence-corrected chi connectivity index (χ0v) is 18.9. The Bertz CT molecular complexity index is 878. The Labute approximate surface area is 185 Å². The van der Waals surface area contributed by atoms with Gasteiger partial charge >= 0.3 is 0 Å². The number of methoxy groups -OCH3 is 1. The second-order valence-electron chi connectivity index (χ2n) is 8.43. The van der Waals surface area contributed by atoms with Gasteiger partial charge in [-0.25, -0.2) is 0 Å². The van der Waals surface area contributed by atoms with Crippen molar-refractivity contribution in [3.05, 3.63) is 59.7 Å². The van der Waals surface area contributed by atoms with Crippen molar-refractivity contribution < 1.29 is 14.3 Å². The summed E-state index contributed by atoms with van der Waals surface area (Å²) < 4.78 is 5.24. The van der Waals surface area contributed by atoms with Gasteiger partial charge in [0.1, 0.15) is 11.8 Å². The van der Waals surface area contributed by atoms with Crippen LogP contribution in [0.2, 0.25) is 0 Å². The minimum atomic E-state index is -0.540. The molecule has 2 aromatic rings. The normalized spacial score (nSPS) is 15.4. The molecule has 1 heterocycles. The van der Waals surface area contributed by atoms with Gasteiger partial charge in [0.25, 0.3) is 5.91 Å². The van der Waals surface area contributed by atoms with E-state index >= 15 is 0 Å². The predicted octanol–water partition coefficient (Wildman–Crippen LogP) is 3.50. The molecule has 2 aromatic carbocycles. The third-order valence-corrected chi connectivity index (χ3v) is 5.78. The van der Waals surface area contributed by atoms with Crippen LogP contribution in [0.3, 0.4) is 0 Å². The number of aryl methyl sites for hydroxylation is 1. The number of hydrogen-bond acceptors (Lipinski definition) is 4. The van der Waals surface area contributed by atoms with Gasteiger partial charge in [-0.15, -0.1) is 0 Å². The number of hydrogen-bond donors (Lipinski definition) is 1. The molecule has 1 N–H and O–H groups in total. The number of anilines is 1. The fourth-order valence-electron chi connectivity index (χ4n) is 3.83. The first-order chi connectivity index (χ1) is 14.9. The Balaban J connectivity index is 1.64. The molecular weight excluding hydrogens is 390 g/mol. The van der Waals surface area contributed by atoms with Crippen LogP contribution in [0.4, 0.5) is 5.69 Å². The Morgan fingerprint density at radius 3 is 2.23 bits per heavy atom. The number of rotatable bonds is 6. The molecule has 0 bridgehead atoms. The van der Waals surface area contributed by atoms with Crippen LogP contribution in [0.5, 0.6) is 5.75 Å². The standard InChI is InChI=1S/C25H33N3O3/c1-18(2)23(26-24(29)20-8-6-19(3)7-9-20)25(30)28-15-5-14-27(16-17-28)21-10-12-22(31-4)13-11-21/h6-13,18,23H,5,14-17H2,1-4H3,(H,26,29). The molecule has 1 atom stereocenters. The zero-order chi connectivity index (χ0) is 22.4. The van der Waals surface area contributed by atoms with Gasteiger partial charge in [-0.2, -0.15) is 0 Å². The van der Waals surface area contributed by atoms with Crippen molar-refractivity contribution in [2.45, 2.75) is 33.2 Å². The zero-order valence-electron chi connectivity index (χ0n) is 18.9. The summed E-state index contributed by atoms with van der Waals surface area (Å²) in [5.74, 6) is 0.621. The lowest BCUT2D eigenvalue weighted by molar-refractivity contribution is -0.134. The van der Waals surface area contributed by atoms with E-state index in [1.165, 1.54) is 0 Å². The van der Waals surface area contributed by atoms with Crippen LogP contribution in [0, 0.1) is 12.8 Å². The summed E-state index contributed by atoms with van der Waals surface area (Å²) in [6, 6.07) is 14.9. The summed E-state index contributed by atoms with van der Waals surface area (Å²) in [5.41, 5.74) is 2.80. The molecular formula is C25H33N3O3. The lowest BCUT2D eigenvalue weighted by Crippen LogP contribution is -2.52. The second-order valence-corrected chi connectivity index (χ2v) is 8.43. The maximum atomic E-state index is 13.3. The fourth-order valence-corrected chi connectivity index (χ4v) is 3.83. The molecule has 0 spiro atoms. The Kier molecular flexibility index (Phi) is 7.55. The van der Waals surface area contributed by atoms with Crippen molar-refractivity contribution in [3.8, 4) is 5.75 Å². The first-order valence-corrected chi connectivity index (χ1v) is 10.9. The highest BCUT2D eigenvalue weighted by Gasteiger charge is 2.30. The average Bonchev–Trinajstić information content (AvgIpc) is 3.03. The first kappa shape index (κ1) is 22.7. The van der Waals surface area contributed by atoms with Crippen molar-refractivity contribution >= 4 is 17.5 Å². The number of carbonyl (C=O) groups is 2. The van der Waals surface area contributed by atoms with E-state index < -0.39 is 6.04 Å². The van der Waals surface area contributed by atoms with Gasteiger partial charge in [0.05, 0.1) is 7.11 Å². The highest BCUT2D eigenvalue weighted by molar-refractivity contribution is 5.97. The molecule has 6 nitrogen and oxygen atoms in total. The lowest BCUT2D eigenvalue weighted by atomic mass is 10.0. The summed E-state index contributed by atoms with van der Waals surface area (Å²) in [4.78, 5) is 30.2. The van der Waals surface area contributed by atoms with Gasteiger partial charge in [0.2, 0.25) is 5.91 Å². The second kappa shape index (κ2) is 10.3. The molecule has 0 aliphatic carbocycles. The number of carbonyl (C=O) groups excluding carboxylic acids is 2. The molecule has 166 valence electrons. The number of nitrogens with zero attached hydrogens (tertiary/aromatic N) is 2. The highest BCUT2D eigenvalue weighted by Crippen LogP contribution is 2.21. The Hall–Kier alpha value is -3.02. The van der Waals surface area contributed by atoms with Crippen LogP contribution >= 0.6 is 0 Å². The maximum absolute atomic E-state index is 13.3. The van der Waals surface area contributed by atoms with E-state index in [9.17, 15) is 9.59 Å². The summed E-state index contributed by atoms with van der Waals surface area (Å²) in [6.07, 6.45) is 0.883. The van der Waals surface area contributed by atoms with Crippen molar-refractivity contribution in [1.29, 1.82) is 0 Å². The van der Waals surface area contributed by atoms with Crippen LogP contribution in [-0.2, 0) is 4.79 Å². The first-order valence-electron chi connectivity index (χ1n) is 10.9. The molecule has 1 fully saturated rings. The largest absolute Gasteiger partial charge is 0.497 e. The molecule has 1 aliphatic heterocycles. The van der Waals surface area contributed by atoms with E-state index in [1.807, 2.05) is 49.9 Å². The van der Waals surface area contributed by atoms with Crippen LogP contribution in [-0.4, -0.2) is 56.0 Å². The van der Waals surface area contributed by atoms with Gasteiger partial charge in [0.15, 0.2) is 0 Å². The predicted molar refractivity (Wildman–Crippen MR) is 124 cm³/mol. The van der Waals surface area contributed by atoms with Gasteiger partial charge in [0, 0.05) is 37.4 Å². The molecule has 1 aliphatic rings. The minimum Gasteiger partial charge on any atom is -0.497 e. The van der Waals surface area contributed by atoms with Gasteiger partial charge in [-0.3, -0.25) is 9.59 Å². The van der Waals surface area contributed by atoms with Crippen molar-refractivity contribution in [1.82, 2.24) is 10.2 Å². The quantitative estimate of drug-likeness (QED) is 0.773. The topological polar surface area (TPSA) is 61.9 Å². The van der Waals surface area contributed by atoms with Crippen molar-refractivity contribution in [2.75, 3.05) is 38.2 Å².